The molecule has 5 nitrogen and oxygen atoms in total. The van der Waals surface area contributed by atoms with Gasteiger partial charge >= 0.3 is 18.5 Å². The lowest BCUT2D eigenvalue weighted by Crippen LogP contribution is -2.52. The molecule has 0 saturated heterocycles. The molecule has 0 radical (unpaired) electrons. The summed E-state index contributed by atoms with van der Waals surface area (Å²) in [6.07, 6.45) is -15.5. The van der Waals surface area contributed by atoms with Gasteiger partial charge < -0.3 is 10.1 Å². The molecule has 1 aromatic carbocycles. The van der Waals surface area contributed by atoms with Gasteiger partial charge in [-0.05, 0) is 37.1 Å². The first-order valence-electron chi connectivity index (χ1n) is 12.2. The van der Waals surface area contributed by atoms with E-state index < -0.39 is 54.2 Å². The molecule has 1 aromatic rings. The minimum atomic E-state index is -5.25. The van der Waals surface area contributed by atoms with E-state index in [1.54, 1.807) is 0 Å². The van der Waals surface area contributed by atoms with Gasteiger partial charge in [0.25, 0.3) is 5.91 Å². The van der Waals surface area contributed by atoms with Crippen LogP contribution in [0.1, 0.15) is 63.4 Å². The van der Waals surface area contributed by atoms with Crippen LogP contribution in [-0.2, 0) is 9.53 Å². The maximum atomic E-state index is 14.2. The van der Waals surface area contributed by atoms with Crippen LogP contribution >= 0.6 is 0 Å². The third-order valence-electron chi connectivity index (χ3n) is 5.19. The molecule has 0 aromatic heterocycles. The fourth-order valence-electron chi connectivity index (χ4n) is 3.17. The van der Waals surface area contributed by atoms with E-state index in [1.165, 1.54) is 31.2 Å². The Bertz CT molecular complexity index is 1060. The maximum Gasteiger partial charge on any atom is 0.433 e. The maximum absolute atomic E-state index is 14.2. The first kappa shape index (κ1) is 40.0. The third-order valence-corrected chi connectivity index (χ3v) is 5.19. The van der Waals surface area contributed by atoms with Crippen LogP contribution < -0.4 is 5.32 Å². The van der Waals surface area contributed by atoms with Gasteiger partial charge in [-0.3, -0.25) is 14.6 Å². The third kappa shape index (κ3) is 12.5. The number of carbonyl (C=O) groups is 2. The second-order valence-corrected chi connectivity index (χ2v) is 8.01. The molecule has 1 rings (SSSR count). The number of aliphatic imine (C=N–C) groups is 1. The lowest BCUT2D eigenvalue weighted by molar-refractivity contribution is -0.250. The summed E-state index contributed by atoms with van der Waals surface area (Å²) in [6.45, 7) is 10.8. The highest BCUT2D eigenvalue weighted by atomic mass is 19.4. The van der Waals surface area contributed by atoms with E-state index in [0.717, 1.165) is 20.9 Å². The summed E-state index contributed by atoms with van der Waals surface area (Å²) in [5.74, 6) is -0.848. The van der Waals surface area contributed by atoms with Crippen molar-refractivity contribution in [3.8, 4) is 0 Å². The summed E-state index contributed by atoms with van der Waals surface area (Å²) < 4.78 is 120. The van der Waals surface area contributed by atoms with E-state index in [9.17, 15) is 49.1 Å². The zero-order valence-electron chi connectivity index (χ0n) is 23.8. The van der Waals surface area contributed by atoms with Crippen LogP contribution in [0.3, 0.4) is 0 Å². The van der Waals surface area contributed by atoms with E-state index in [0.29, 0.717) is 13.2 Å². The number of allylic oxidation sites excluding steroid dienone is 1. The second kappa shape index (κ2) is 16.9. The predicted octanol–water partition coefficient (Wildman–Crippen LogP) is 7.92. The Hall–Kier alpha value is -3.16. The van der Waals surface area contributed by atoms with E-state index >= 15 is 0 Å². The Morgan fingerprint density at radius 3 is 1.71 bits per heavy atom. The number of carbonyl (C=O) groups excluding carboxylic acids is 2. The van der Waals surface area contributed by atoms with Crippen LogP contribution in [0.15, 0.2) is 47.5 Å². The summed E-state index contributed by atoms with van der Waals surface area (Å²) in [5, 5.41) is 2.36. The van der Waals surface area contributed by atoms with Crippen LogP contribution in [0.2, 0.25) is 0 Å². The Labute approximate surface area is 233 Å². The fourth-order valence-corrected chi connectivity index (χ4v) is 3.17. The SMILES string of the molecule is C=C(CC(OC)(/C(=C/C)C(=NC)C(F)(F)F)C(F)(F)F)c1ccc(C(=O)NCC(C)=O)cc1.CC.CCC(F)(F)F. The van der Waals surface area contributed by atoms with Crippen molar-refractivity contribution in [2.24, 2.45) is 4.99 Å². The van der Waals surface area contributed by atoms with E-state index in [2.05, 4.69) is 16.9 Å². The number of nitrogens with zero attached hydrogens (tertiary/aromatic N) is 1. The molecule has 0 fully saturated rings. The highest BCUT2D eigenvalue weighted by Crippen LogP contribution is 2.47. The normalized spacial score (nSPS) is 14.0. The molecule has 0 aliphatic rings. The van der Waals surface area contributed by atoms with Crippen LogP contribution in [-0.4, -0.2) is 62.2 Å². The van der Waals surface area contributed by atoms with Gasteiger partial charge in [0.15, 0.2) is 5.60 Å². The fraction of sp³-hybridized carbons (Fsp3) is 0.519. The molecule has 0 saturated carbocycles. The molecule has 0 spiro atoms. The lowest BCUT2D eigenvalue weighted by Gasteiger charge is -2.38. The summed E-state index contributed by atoms with van der Waals surface area (Å²) in [5.41, 5.74) is -6.17. The van der Waals surface area contributed by atoms with Gasteiger partial charge in [-0.1, -0.05) is 45.6 Å². The van der Waals surface area contributed by atoms with Crippen LogP contribution in [0.4, 0.5) is 39.5 Å². The zero-order chi connectivity index (χ0) is 32.8. The average molecular weight is 607 g/mol. The molecule has 1 N–H and O–H groups in total. The second-order valence-electron chi connectivity index (χ2n) is 8.01. The van der Waals surface area contributed by atoms with Crippen molar-refractivity contribution >= 4 is 23.0 Å². The Kier molecular flexibility index (Phi) is 16.5. The summed E-state index contributed by atoms with van der Waals surface area (Å²) in [4.78, 5) is 26.0. The van der Waals surface area contributed by atoms with Gasteiger partial charge in [-0.15, -0.1) is 0 Å². The molecule has 0 heterocycles. The molecule has 41 heavy (non-hydrogen) atoms. The zero-order valence-corrected chi connectivity index (χ0v) is 23.8. The molecule has 234 valence electrons. The highest BCUT2D eigenvalue weighted by molar-refractivity contribution is 6.06. The molecule has 1 atom stereocenters. The van der Waals surface area contributed by atoms with Crippen molar-refractivity contribution in [3.63, 3.8) is 0 Å². The molecular formula is C27H35F9N2O3. The molecule has 0 aliphatic heterocycles. The molecule has 14 heteroatoms. The highest BCUT2D eigenvalue weighted by Gasteiger charge is 2.61. The number of nitrogens with one attached hydrogen (secondary N) is 1. The van der Waals surface area contributed by atoms with Crippen molar-refractivity contribution in [1.82, 2.24) is 5.32 Å². The number of benzene rings is 1. The lowest BCUT2D eigenvalue weighted by atomic mass is 9.81. The number of ketones is 1. The summed E-state index contributed by atoms with van der Waals surface area (Å²) in [6, 6.07) is 5.19. The number of rotatable bonds is 9. The molecule has 1 unspecified atom stereocenters. The van der Waals surface area contributed by atoms with E-state index in [1.807, 2.05) is 13.8 Å². The van der Waals surface area contributed by atoms with E-state index in [-0.39, 0.29) is 29.0 Å². The minimum absolute atomic E-state index is 0.133. The number of hydrogen-bond acceptors (Lipinski definition) is 4. The van der Waals surface area contributed by atoms with Crippen LogP contribution in [0.25, 0.3) is 5.57 Å². The molecular weight excluding hydrogens is 571 g/mol. The van der Waals surface area contributed by atoms with Crippen molar-refractivity contribution in [1.29, 1.82) is 0 Å². The van der Waals surface area contributed by atoms with Gasteiger partial charge in [-0.25, -0.2) is 0 Å². The summed E-state index contributed by atoms with van der Waals surface area (Å²) in [7, 11) is 1.41. The topological polar surface area (TPSA) is 67.8 Å². The van der Waals surface area contributed by atoms with Gasteiger partial charge in [0, 0.05) is 38.1 Å². The summed E-state index contributed by atoms with van der Waals surface area (Å²) >= 11 is 0. The number of halogens is 9. The Morgan fingerprint density at radius 2 is 1.41 bits per heavy atom. The first-order valence-corrected chi connectivity index (χ1v) is 12.2. The minimum Gasteiger partial charge on any atom is -0.364 e. The monoisotopic (exact) mass is 606 g/mol. The number of ether oxygens (including phenoxy) is 1. The molecule has 0 aliphatic carbocycles. The van der Waals surface area contributed by atoms with Gasteiger partial charge in [0.05, 0.1) is 6.54 Å². The number of hydrogen-bond donors (Lipinski definition) is 1. The predicted molar refractivity (Wildman–Crippen MR) is 140 cm³/mol. The Morgan fingerprint density at radius 1 is 0.976 bits per heavy atom. The average Bonchev–Trinajstić information content (AvgIpc) is 2.88. The van der Waals surface area contributed by atoms with Crippen LogP contribution in [0.5, 0.6) is 0 Å². The van der Waals surface area contributed by atoms with Gasteiger partial charge in [-0.2, -0.15) is 39.5 Å². The van der Waals surface area contributed by atoms with E-state index in [4.69, 9.17) is 4.74 Å². The van der Waals surface area contributed by atoms with Gasteiger partial charge in [0.2, 0.25) is 0 Å². The molecule has 1 amide bonds. The van der Waals surface area contributed by atoms with Crippen LogP contribution in [0, 0.1) is 0 Å². The van der Waals surface area contributed by atoms with Crippen molar-refractivity contribution in [2.75, 3.05) is 20.7 Å². The number of methoxy groups -OCH3 is 1. The standard InChI is InChI=1S/C22H24F6N2O3.C3H5F3.C2H6/c1-6-17(18(29-4)21(23,24)25)20(33-5,22(26,27)28)11-13(2)15-7-9-16(10-8-15)19(32)30-12-14(3)31;1-2-3(4,5)6;1-2/h6-10H,2,11-12H2,1,3-5H3,(H,30,32);2H2,1H3;1-2H3/b17-6+,29-18?;;. The van der Waals surface area contributed by atoms with Crippen molar-refractivity contribution < 1.29 is 53.8 Å². The first-order chi connectivity index (χ1) is 18.7. The Balaban J connectivity index is 0. The van der Waals surface area contributed by atoms with Crippen molar-refractivity contribution in [3.05, 3.63) is 53.6 Å². The smallest absolute Gasteiger partial charge is 0.364 e. The largest absolute Gasteiger partial charge is 0.433 e. The number of alkyl halides is 9. The molecule has 0 bridgehead atoms. The quantitative estimate of drug-likeness (QED) is 0.229. The number of amides is 1. The van der Waals surface area contributed by atoms with Crippen molar-refractivity contribution in [2.45, 2.75) is 71.6 Å². The number of Topliss-reactive ketones (excluding diaryl/α,β-unsaturated/α-hetero) is 1. The van der Waals surface area contributed by atoms with Gasteiger partial charge in [0.1, 0.15) is 11.5 Å².